The van der Waals surface area contributed by atoms with Crippen LogP contribution in [0.15, 0.2) is 100 Å². The van der Waals surface area contributed by atoms with E-state index in [1.165, 1.54) is 16.0 Å². The number of rotatable bonds is 4. The highest BCUT2D eigenvalue weighted by atomic mass is 16.4. The summed E-state index contributed by atoms with van der Waals surface area (Å²) < 4.78 is 5.37. The predicted octanol–water partition coefficient (Wildman–Crippen LogP) is 2.92. The monoisotopic (exact) mass is 425 g/mol. The molecule has 0 unspecified atom stereocenters. The highest BCUT2D eigenvalue weighted by Crippen LogP contribution is 2.20. The van der Waals surface area contributed by atoms with Crippen molar-refractivity contribution in [3.8, 4) is 0 Å². The van der Waals surface area contributed by atoms with Crippen molar-refractivity contribution < 1.29 is 14.1 Å². The van der Waals surface area contributed by atoms with Gasteiger partial charge in [-0.25, -0.2) is 4.79 Å². The lowest BCUT2D eigenvalue weighted by molar-refractivity contribution is -0.929. The van der Waals surface area contributed by atoms with E-state index in [-0.39, 0.29) is 17.5 Å². The van der Waals surface area contributed by atoms with Gasteiger partial charge >= 0.3 is 5.63 Å². The van der Waals surface area contributed by atoms with Gasteiger partial charge in [0.1, 0.15) is 17.2 Å². The van der Waals surface area contributed by atoms with Crippen molar-refractivity contribution in [2.24, 2.45) is 0 Å². The van der Waals surface area contributed by atoms with E-state index in [2.05, 4.69) is 48.5 Å². The van der Waals surface area contributed by atoms with Crippen molar-refractivity contribution in [2.45, 2.75) is 6.04 Å². The second kappa shape index (κ2) is 8.81. The number of quaternary nitrogens is 1. The summed E-state index contributed by atoms with van der Waals surface area (Å²) in [6, 6.07) is 30.2. The molecular weight excluding hydrogens is 400 g/mol. The number of piperazine rings is 1. The first-order valence-electron chi connectivity index (χ1n) is 11.0. The molecule has 0 atom stereocenters. The maximum Gasteiger partial charge on any atom is 0.349 e. The Morgan fingerprint density at radius 2 is 1.38 bits per heavy atom. The van der Waals surface area contributed by atoms with E-state index >= 15 is 0 Å². The largest absolute Gasteiger partial charge is 0.422 e. The molecule has 5 nitrogen and oxygen atoms in total. The van der Waals surface area contributed by atoms with Gasteiger partial charge in [-0.15, -0.1) is 0 Å². The Kier molecular flexibility index (Phi) is 5.57. The average molecular weight is 426 g/mol. The summed E-state index contributed by atoms with van der Waals surface area (Å²) in [6.07, 6.45) is 0. The molecule has 1 aromatic heterocycles. The number of nitrogens with zero attached hydrogens (tertiary/aromatic N) is 1. The molecule has 0 saturated carbocycles. The van der Waals surface area contributed by atoms with E-state index in [0.717, 1.165) is 18.5 Å². The Morgan fingerprint density at radius 3 is 2.00 bits per heavy atom. The maximum absolute atomic E-state index is 13.1. The number of amides is 1. The molecule has 0 radical (unpaired) electrons. The van der Waals surface area contributed by atoms with E-state index in [1.807, 2.05) is 30.3 Å². The molecule has 1 amide bonds. The fraction of sp³-hybridized carbons (Fsp3) is 0.185. The van der Waals surface area contributed by atoms with Crippen LogP contribution in [0.1, 0.15) is 27.5 Å². The molecule has 1 fully saturated rings. The van der Waals surface area contributed by atoms with Gasteiger partial charge in [0.2, 0.25) is 0 Å². The van der Waals surface area contributed by atoms with Gasteiger partial charge in [0.15, 0.2) is 0 Å². The first-order valence-corrected chi connectivity index (χ1v) is 11.0. The van der Waals surface area contributed by atoms with Crippen LogP contribution in [0.2, 0.25) is 0 Å². The van der Waals surface area contributed by atoms with Crippen LogP contribution in [-0.4, -0.2) is 37.0 Å². The van der Waals surface area contributed by atoms with E-state index in [0.29, 0.717) is 18.7 Å². The van der Waals surface area contributed by atoms with Crippen molar-refractivity contribution in [1.29, 1.82) is 0 Å². The van der Waals surface area contributed by atoms with E-state index in [9.17, 15) is 9.59 Å². The first-order chi connectivity index (χ1) is 15.7. The van der Waals surface area contributed by atoms with Crippen LogP contribution < -0.4 is 10.5 Å². The van der Waals surface area contributed by atoms with Crippen molar-refractivity contribution in [2.75, 3.05) is 26.2 Å². The first kappa shape index (κ1) is 20.2. The Morgan fingerprint density at radius 1 is 0.812 bits per heavy atom. The Bertz CT molecular complexity index is 1240. The maximum atomic E-state index is 13.1. The molecule has 1 aliphatic rings. The number of hydrogen-bond acceptors (Lipinski definition) is 3. The fourth-order valence-corrected chi connectivity index (χ4v) is 4.62. The predicted molar refractivity (Wildman–Crippen MR) is 124 cm³/mol. The third-order valence-electron chi connectivity index (χ3n) is 6.24. The molecule has 0 spiro atoms. The number of hydrogen-bond donors (Lipinski definition) is 1. The topological polar surface area (TPSA) is 55.0 Å². The molecule has 1 saturated heterocycles. The van der Waals surface area contributed by atoms with E-state index < -0.39 is 5.63 Å². The molecule has 5 heteroatoms. The van der Waals surface area contributed by atoms with Gasteiger partial charge in [-0.1, -0.05) is 78.9 Å². The lowest BCUT2D eigenvalue weighted by Crippen LogP contribution is -3.15. The number of carbonyl (C=O) groups excluding carboxylic acids is 1. The lowest BCUT2D eigenvalue weighted by atomic mass is 9.96. The summed E-state index contributed by atoms with van der Waals surface area (Å²) in [5, 5.41) is 0.757. The van der Waals surface area contributed by atoms with Crippen LogP contribution >= 0.6 is 0 Å². The van der Waals surface area contributed by atoms with Crippen LogP contribution in [0.25, 0.3) is 11.0 Å². The molecule has 1 aliphatic heterocycles. The number of carbonyl (C=O) groups is 1. The Balaban J connectivity index is 1.36. The molecule has 0 aliphatic carbocycles. The number of benzene rings is 3. The van der Waals surface area contributed by atoms with Crippen LogP contribution in [0.5, 0.6) is 0 Å². The number of nitrogens with one attached hydrogen (secondary N) is 1. The summed E-state index contributed by atoms with van der Waals surface area (Å²) in [4.78, 5) is 28.8. The second-order valence-corrected chi connectivity index (χ2v) is 8.19. The van der Waals surface area contributed by atoms with Gasteiger partial charge in [-0.05, 0) is 12.1 Å². The van der Waals surface area contributed by atoms with Crippen LogP contribution in [0.3, 0.4) is 0 Å². The lowest BCUT2D eigenvalue weighted by Gasteiger charge is -2.37. The van der Waals surface area contributed by atoms with Gasteiger partial charge in [0, 0.05) is 16.5 Å². The Hall–Kier alpha value is -3.70. The fourth-order valence-electron chi connectivity index (χ4n) is 4.62. The van der Waals surface area contributed by atoms with E-state index in [1.54, 1.807) is 17.0 Å². The molecule has 1 N–H and O–H groups in total. The van der Waals surface area contributed by atoms with Crippen LogP contribution in [0, 0.1) is 0 Å². The quantitative estimate of drug-likeness (QED) is 0.512. The van der Waals surface area contributed by atoms with Gasteiger partial charge < -0.3 is 14.2 Å². The normalized spacial score (nSPS) is 14.7. The van der Waals surface area contributed by atoms with Crippen LogP contribution in [0.4, 0.5) is 0 Å². The summed E-state index contributed by atoms with van der Waals surface area (Å²) >= 11 is 0. The highest BCUT2D eigenvalue weighted by Gasteiger charge is 2.32. The van der Waals surface area contributed by atoms with Crippen molar-refractivity contribution >= 4 is 16.9 Å². The second-order valence-electron chi connectivity index (χ2n) is 8.19. The van der Waals surface area contributed by atoms with Crippen molar-refractivity contribution in [3.05, 3.63) is 118 Å². The zero-order chi connectivity index (χ0) is 21.9. The average Bonchev–Trinajstić information content (AvgIpc) is 2.85. The molecule has 4 aromatic rings. The van der Waals surface area contributed by atoms with Gasteiger partial charge in [0.05, 0.1) is 26.2 Å². The molecule has 3 aromatic carbocycles. The standard InChI is InChI=1S/C27H24N2O3/c30-26(23-19-22-13-7-8-14-24(22)32-27(23)31)29-17-15-28(16-18-29)25(20-9-3-1-4-10-20)21-11-5-2-6-12-21/h1-14,19,25H,15-18H2/p+1. The van der Waals surface area contributed by atoms with Crippen LogP contribution in [-0.2, 0) is 0 Å². The summed E-state index contributed by atoms with van der Waals surface area (Å²) in [5.74, 6) is -0.250. The molecule has 160 valence electrons. The summed E-state index contributed by atoms with van der Waals surface area (Å²) in [5.41, 5.74) is 2.56. The van der Waals surface area contributed by atoms with Gasteiger partial charge in [-0.2, -0.15) is 0 Å². The SMILES string of the molecule is O=C(c1cc2ccccc2oc1=O)N1CC[NH+](C(c2ccccc2)c2ccccc2)CC1. The highest BCUT2D eigenvalue weighted by molar-refractivity contribution is 5.96. The minimum atomic E-state index is -0.574. The number of para-hydroxylation sites is 1. The van der Waals surface area contributed by atoms with Gasteiger partial charge in [0.25, 0.3) is 5.91 Å². The molecule has 2 heterocycles. The zero-order valence-corrected chi connectivity index (χ0v) is 17.7. The Labute approximate surface area is 186 Å². The minimum Gasteiger partial charge on any atom is -0.422 e. The smallest absolute Gasteiger partial charge is 0.349 e. The van der Waals surface area contributed by atoms with Crippen molar-refractivity contribution in [1.82, 2.24) is 4.90 Å². The van der Waals surface area contributed by atoms with Gasteiger partial charge in [-0.3, -0.25) is 4.79 Å². The molecule has 5 rings (SSSR count). The molecule has 32 heavy (non-hydrogen) atoms. The van der Waals surface area contributed by atoms with E-state index in [4.69, 9.17) is 4.42 Å². The minimum absolute atomic E-state index is 0.106. The summed E-state index contributed by atoms with van der Waals surface area (Å²) in [7, 11) is 0. The molecule has 0 bridgehead atoms. The van der Waals surface area contributed by atoms with Crippen molar-refractivity contribution in [3.63, 3.8) is 0 Å². The number of fused-ring (bicyclic) bond motifs is 1. The molecular formula is C27H25N2O3+. The third kappa shape index (κ3) is 3.95. The summed E-state index contributed by atoms with van der Waals surface area (Å²) in [6.45, 7) is 2.80. The zero-order valence-electron chi connectivity index (χ0n) is 17.7. The third-order valence-corrected chi connectivity index (χ3v) is 6.24.